The molecule has 1 aromatic heterocycles. The van der Waals surface area contributed by atoms with E-state index in [0.717, 1.165) is 56.4 Å². The summed E-state index contributed by atoms with van der Waals surface area (Å²) in [4.78, 5) is 4.91. The number of allylic oxidation sites excluding steroid dienone is 5. The van der Waals surface area contributed by atoms with Gasteiger partial charge in [-0.3, -0.25) is 9.80 Å². The van der Waals surface area contributed by atoms with Gasteiger partial charge in [-0.1, -0.05) is 66.8 Å². The van der Waals surface area contributed by atoms with Crippen LogP contribution in [0, 0.1) is 0 Å². The Morgan fingerprint density at radius 3 is 2.40 bits per heavy atom. The van der Waals surface area contributed by atoms with Gasteiger partial charge in [-0.15, -0.1) is 5.10 Å². The fourth-order valence-corrected chi connectivity index (χ4v) is 3.74. The Labute approximate surface area is 179 Å². The van der Waals surface area contributed by atoms with Gasteiger partial charge in [0, 0.05) is 32.7 Å². The average molecular weight is 405 g/mol. The van der Waals surface area contributed by atoms with Gasteiger partial charge in [-0.25, -0.2) is 0 Å². The zero-order valence-electron chi connectivity index (χ0n) is 18.3. The maximum atomic E-state index is 4.31. The van der Waals surface area contributed by atoms with Gasteiger partial charge in [0.2, 0.25) is 0 Å². The molecule has 6 nitrogen and oxygen atoms in total. The van der Waals surface area contributed by atoms with Crippen LogP contribution in [0.15, 0.2) is 66.3 Å². The fraction of sp³-hybridized carbons (Fsp3) is 0.375. The predicted molar refractivity (Wildman–Crippen MR) is 124 cm³/mol. The number of hydrogen-bond acceptors (Lipinski definition) is 5. The summed E-state index contributed by atoms with van der Waals surface area (Å²) < 4.78 is 1.87. The van der Waals surface area contributed by atoms with E-state index in [0.29, 0.717) is 0 Å². The molecule has 6 heteroatoms. The van der Waals surface area contributed by atoms with E-state index in [9.17, 15) is 0 Å². The van der Waals surface area contributed by atoms with Crippen molar-refractivity contribution in [1.29, 1.82) is 0 Å². The Kier molecular flexibility index (Phi) is 7.88. The van der Waals surface area contributed by atoms with Crippen LogP contribution in [0.2, 0.25) is 0 Å². The van der Waals surface area contributed by atoms with Gasteiger partial charge in [0.05, 0.1) is 12.2 Å². The molecule has 2 aromatic rings. The Bertz CT molecular complexity index is 910. The monoisotopic (exact) mass is 404 g/mol. The number of tetrazole rings is 1. The summed E-state index contributed by atoms with van der Waals surface area (Å²) in [5.41, 5.74) is 4.57. The van der Waals surface area contributed by atoms with Gasteiger partial charge >= 0.3 is 0 Å². The van der Waals surface area contributed by atoms with Crippen molar-refractivity contribution in [1.82, 2.24) is 30.0 Å². The average Bonchev–Trinajstić information content (AvgIpc) is 3.17. The van der Waals surface area contributed by atoms with E-state index in [2.05, 4.69) is 89.1 Å². The first-order chi connectivity index (χ1) is 14.6. The summed E-state index contributed by atoms with van der Waals surface area (Å²) in [6, 6.07) is 10.4. The van der Waals surface area contributed by atoms with Crippen molar-refractivity contribution < 1.29 is 0 Å². The standard InChI is InChI=1S/C24H32N6/c1-5-10-21(4)24(20(2)3)30-23(25-26-27-30)19-29-17-15-28(16-18-29)14-9-13-22-11-7-6-8-12-22/h5-13H,1,14-19H2,2-4H3/b13-9+,21-10-. The molecule has 0 N–H and O–H groups in total. The molecule has 2 heterocycles. The first-order valence-corrected chi connectivity index (χ1v) is 10.5. The summed E-state index contributed by atoms with van der Waals surface area (Å²) in [5, 5.41) is 12.5. The second-order valence-electron chi connectivity index (χ2n) is 7.83. The van der Waals surface area contributed by atoms with Crippen LogP contribution in [0.5, 0.6) is 0 Å². The van der Waals surface area contributed by atoms with Crippen molar-refractivity contribution in [2.45, 2.75) is 27.3 Å². The van der Waals surface area contributed by atoms with Crippen molar-refractivity contribution in [3.63, 3.8) is 0 Å². The van der Waals surface area contributed by atoms with E-state index in [1.165, 1.54) is 11.1 Å². The highest BCUT2D eigenvalue weighted by molar-refractivity contribution is 5.66. The van der Waals surface area contributed by atoms with Gasteiger partial charge in [0.15, 0.2) is 5.82 Å². The molecule has 0 aliphatic carbocycles. The highest BCUT2D eigenvalue weighted by atomic mass is 15.6. The molecule has 1 aliphatic rings. The van der Waals surface area contributed by atoms with Crippen molar-refractivity contribution in [3.8, 4) is 0 Å². The first kappa shape index (κ1) is 21.9. The second-order valence-corrected chi connectivity index (χ2v) is 7.83. The Morgan fingerprint density at radius 1 is 1.03 bits per heavy atom. The van der Waals surface area contributed by atoms with Crippen LogP contribution < -0.4 is 0 Å². The Morgan fingerprint density at radius 2 is 1.73 bits per heavy atom. The van der Waals surface area contributed by atoms with E-state index in [4.69, 9.17) is 0 Å². The van der Waals surface area contributed by atoms with E-state index >= 15 is 0 Å². The quantitative estimate of drug-likeness (QED) is 0.625. The van der Waals surface area contributed by atoms with Gasteiger partial charge in [0.1, 0.15) is 0 Å². The van der Waals surface area contributed by atoms with Gasteiger partial charge in [-0.2, -0.15) is 4.68 Å². The molecule has 1 saturated heterocycles. The van der Waals surface area contributed by atoms with Crippen molar-refractivity contribution in [2.24, 2.45) is 0 Å². The molecule has 3 rings (SSSR count). The third kappa shape index (κ3) is 5.84. The molecule has 0 saturated carbocycles. The number of nitrogens with zero attached hydrogens (tertiary/aromatic N) is 6. The lowest BCUT2D eigenvalue weighted by Crippen LogP contribution is -2.46. The van der Waals surface area contributed by atoms with E-state index < -0.39 is 0 Å². The highest BCUT2D eigenvalue weighted by Crippen LogP contribution is 2.21. The van der Waals surface area contributed by atoms with Crippen LogP contribution in [0.4, 0.5) is 0 Å². The Balaban J connectivity index is 1.56. The van der Waals surface area contributed by atoms with Crippen LogP contribution in [-0.4, -0.2) is 62.7 Å². The molecule has 0 amide bonds. The van der Waals surface area contributed by atoms with Crippen LogP contribution in [0.25, 0.3) is 11.8 Å². The Hall–Kier alpha value is -2.83. The topological polar surface area (TPSA) is 50.1 Å². The van der Waals surface area contributed by atoms with Gasteiger partial charge in [0.25, 0.3) is 0 Å². The SMILES string of the molecule is C=C/C=C(/C)C(=C(C)C)n1nnnc1CN1CCN(C/C=C/c2ccccc2)CC1. The number of rotatable bonds is 8. The number of benzene rings is 1. The van der Waals surface area contributed by atoms with Crippen LogP contribution in [-0.2, 0) is 6.54 Å². The number of piperazine rings is 1. The largest absolute Gasteiger partial charge is 0.297 e. The third-order valence-corrected chi connectivity index (χ3v) is 5.26. The minimum absolute atomic E-state index is 0.749. The van der Waals surface area contributed by atoms with Crippen molar-refractivity contribution in [2.75, 3.05) is 32.7 Å². The molecule has 0 unspecified atom stereocenters. The van der Waals surface area contributed by atoms with Gasteiger partial charge < -0.3 is 0 Å². The molecule has 1 aromatic carbocycles. The summed E-state index contributed by atoms with van der Waals surface area (Å²) in [5.74, 6) is 0.875. The lowest BCUT2D eigenvalue weighted by Gasteiger charge is -2.33. The van der Waals surface area contributed by atoms with E-state index in [1.54, 1.807) is 6.08 Å². The lowest BCUT2D eigenvalue weighted by molar-refractivity contribution is 0.134. The smallest absolute Gasteiger partial charge is 0.170 e. The van der Waals surface area contributed by atoms with Crippen molar-refractivity contribution >= 4 is 11.8 Å². The van der Waals surface area contributed by atoms with Crippen LogP contribution in [0.1, 0.15) is 32.2 Å². The van der Waals surface area contributed by atoms with E-state index in [-0.39, 0.29) is 0 Å². The molecule has 1 fully saturated rings. The van der Waals surface area contributed by atoms with Gasteiger partial charge in [-0.05, 0) is 42.3 Å². The predicted octanol–water partition coefficient (Wildman–Crippen LogP) is 3.89. The van der Waals surface area contributed by atoms with Crippen LogP contribution >= 0.6 is 0 Å². The number of hydrogen-bond donors (Lipinski definition) is 0. The summed E-state index contributed by atoms with van der Waals surface area (Å²) in [6.45, 7) is 15.9. The molecular weight excluding hydrogens is 372 g/mol. The molecule has 0 radical (unpaired) electrons. The molecule has 0 atom stereocenters. The molecular formula is C24H32N6. The fourth-order valence-electron chi connectivity index (χ4n) is 3.74. The maximum absolute atomic E-state index is 4.31. The highest BCUT2D eigenvalue weighted by Gasteiger charge is 2.20. The summed E-state index contributed by atoms with van der Waals surface area (Å²) in [7, 11) is 0. The molecule has 0 spiro atoms. The second kappa shape index (κ2) is 10.8. The minimum atomic E-state index is 0.749. The maximum Gasteiger partial charge on any atom is 0.170 e. The lowest BCUT2D eigenvalue weighted by atomic mass is 10.1. The molecule has 0 bridgehead atoms. The van der Waals surface area contributed by atoms with E-state index in [1.807, 2.05) is 16.8 Å². The summed E-state index contributed by atoms with van der Waals surface area (Å²) in [6.07, 6.45) is 8.24. The molecule has 1 aliphatic heterocycles. The zero-order valence-corrected chi connectivity index (χ0v) is 18.3. The first-order valence-electron chi connectivity index (χ1n) is 10.5. The number of aromatic nitrogens is 4. The normalized spacial score (nSPS) is 16.2. The molecule has 158 valence electrons. The molecule has 30 heavy (non-hydrogen) atoms. The van der Waals surface area contributed by atoms with Crippen molar-refractivity contribution in [3.05, 3.63) is 77.7 Å². The minimum Gasteiger partial charge on any atom is -0.297 e. The van der Waals surface area contributed by atoms with Crippen LogP contribution in [0.3, 0.4) is 0 Å². The third-order valence-electron chi connectivity index (χ3n) is 5.26. The summed E-state index contributed by atoms with van der Waals surface area (Å²) >= 11 is 0. The zero-order chi connectivity index (χ0) is 21.3.